The van der Waals surface area contributed by atoms with Gasteiger partial charge in [-0.05, 0) is 57.9 Å². The van der Waals surface area contributed by atoms with Crippen LogP contribution in [-0.2, 0) is 9.47 Å². The lowest BCUT2D eigenvalue weighted by atomic mass is 10.1. The second kappa shape index (κ2) is 15.7. The number of ether oxygens (including phenoxy) is 3. The second-order valence-electron chi connectivity index (χ2n) is 9.84. The number of benzene rings is 1. The van der Waals surface area contributed by atoms with Gasteiger partial charge in [0, 0.05) is 18.8 Å². The van der Waals surface area contributed by atoms with Crippen LogP contribution in [0.2, 0.25) is 0 Å². The molecule has 0 bridgehead atoms. The first-order valence-electron chi connectivity index (χ1n) is 13.0. The van der Waals surface area contributed by atoms with E-state index in [1.54, 1.807) is 12.1 Å². The maximum Gasteiger partial charge on any atom is 0.422 e. The predicted molar refractivity (Wildman–Crippen MR) is 143 cm³/mol. The standard InChI is InChI=1S/C26H37F3N6O5/c1-25(2,3)40-24(37)31-16-10-8-6-5-7-9-15-30-21-33-22(35-23(34-21)39-17-26(27,28)29)32-19-13-11-18(12-14-19)20(36)38-4/h11-14H,5-10,15-17H2,1-4H3,(H,31,37)(H2,30,32,33,34,35). The first kappa shape index (κ1) is 32.4. The van der Waals surface area contributed by atoms with Gasteiger partial charge in [0.1, 0.15) is 5.60 Å². The molecule has 1 heterocycles. The van der Waals surface area contributed by atoms with Gasteiger partial charge in [0.2, 0.25) is 11.9 Å². The number of esters is 1. The Morgan fingerprint density at radius 3 is 2.05 bits per heavy atom. The van der Waals surface area contributed by atoms with Gasteiger partial charge in [0.15, 0.2) is 6.61 Å². The number of methoxy groups -OCH3 is 1. The fourth-order valence-corrected chi connectivity index (χ4v) is 3.30. The third-order valence-electron chi connectivity index (χ3n) is 5.10. The lowest BCUT2D eigenvalue weighted by Gasteiger charge is -2.19. The van der Waals surface area contributed by atoms with Crippen molar-refractivity contribution in [2.45, 2.75) is 71.1 Å². The molecule has 222 valence electrons. The van der Waals surface area contributed by atoms with Crippen LogP contribution >= 0.6 is 0 Å². The number of aromatic nitrogens is 3. The van der Waals surface area contributed by atoms with Crippen LogP contribution in [0.3, 0.4) is 0 Å². The summed E-state index contributed by atoms with van der Waals surface area (Å²) >= 11 is 0. The molecule has 0 unspecified atom stereocenters. The van der Waals surface area contributed by atoms with Crippen LogP contribution in [0.5, 0.6) is 6.01 Å². The zero-order valence-corrected chi connectivity index (χ0v) is 23.2. The third-order valence-corrected chi connectivity index (χ3v) is 5.10. The molecule has 40 heavy (non-hydrogen) atoms. The molecular weight excluding hydrogens is 533 g/mol. The largest absolute Gasteiger partial charge is 0.465 e. The molecule has 0 aliphatic carbocycles. The number of hydrogen-bond donors (Lipinski definition) is 3. The Bertz CT molecular complexity index is 1080. The van der Waals surface area contributed by atoms with Crippen molar-refractivity contribution in [2.75, 3.05) is 37.4 Å². The molecule has 3 N–H and O–H groups in total. The van der Waals surface area contributed by atoms with Gasteiger partial charge < -0.3 is 30.2 Å². The summed E-state index contributed by atoms with van der Waals surface area (Å²) in [6.45, 7) is 4.95. The minimum absolute atomic E-state index is 0.0273. The Morgan fingerprint density at radius 1 is 0.850 bits per heavy atom. The summed E-state index contributed by atoms with van der Waals surface area (Å²) in [5.41, 5.74) is 0.305. The molecule has 2 rings (SSSR count). The van der Waals surface area contributed by atoms with Crippen molar-refractivity contribution in [1.82, 2.24) is 20.3 Å². The van der Waals surface area contributed by atoms with Gasteiger partial charge in [0.05, 0.1) is 12.7 Å². The van der Waals surface area contributed by atoms with Gasteiger partial charge in [-0.3, -0.25) is 0 Å². The number of halogens is 3. The molecule has 0 saturated carbocycles. The molecule has 11 nitrogen and oxygen atoms in total. The lowest BCUT2D eigenvalue weighted by molar-refractivity contribution is -0.154. The highest BCUT2D eigenvalue weighted by molar-refractivity contribution is 5.89. The highest BCUT2D eigenvalue weighted by atomic mass is 19.4. The second-order valence-corrected chi connectivity index (χ2v) is 9.84. The Labute approximate surface area is 231 Å². The van der Waals surface area contributed by atoms with E-state index in [9.17, 15) is 22.8 Å². The molecule has 0 saturated heterocycles. The van der Waals surface area contributed by atoms with Crippen LogP contribution in [0.4, 0.5) is 35.5 Å². The first-order chi connectivity index (χ1) is 18.8. The highest BCUT2D eigenvalue weighted by Gasteiger charge is 2.29. The van der Waals surface area contributed by atoms with Crippen molar-refractivity contribution in [3.8, 4) is 6.01 Å². The summed E-state index contributed by atoms with van der Waals surface area (Å²) in [6, 6.07) is 5.71. The van der Waals surface area contributed by atoms with E-state index in [2.05, 4.69) is 35.6 Å². The number of amides is 1. The predicted octanol–water partition coefficient (Wildman–Crippen LogP) is 5.62. The normalized spacial score (nSPS) is 11.5. The Kier molecular flexibility index (Phi) is 12.7. The van der Waals surface area contributed by atoms with E-state index in [4.69, 9.17) is 9.47 Å². The van der Waals surface area contributed by atoms with E-state index in [1.807, 2.05) is 20.8 Å². The highest BCUT2D eigenvalue weighted by Crippen LogP contribution is 2.20. The van der Waals surface area contributed by atoms with Crippen LogP contribution in [0.25, 0.3) is 0 Å². The summed E-state index contributed by atoms with van der Waals surface area (Å²) in [6.07, 6.45) is 0.545. The molecule has 0 aliphatic rings. The molecule has 0 fully saturated rings. The van der Waals surface area contributed by atoms with Gasteiger partial charge in [-0.2, -0.15) is 28.1 Å². The van der Waals surface area contributed by atoms with E-state index < -0.39 is 36.5 Å². The Hall–Kier alpha value is -3.84. The molecule has 1 aromatic carbocycles. The van der Waals surface area contributed by atoms with E-state index in [0.29, 0.717) is 24.3 Å². The number of alkyl halides is 3. The quantitative estimate of drug-likeness (QED) is 0.183. The van der Waals surface area contributed by atoms with Gasteiger partial charge in [-0.15, -0.1) is 0 Å². The maximum atomic E-state index is 12.6. The van der Waals surface area contributed by atoms with Crippen molar-refractivity contribution in [3.63, 3.8) is 0 Å². The van der Waals surface area contributed by atoms with Crippen LogP contribution in [0, 0.1) is 0 Å². The minimum atomic E-state index is -4.55. The Morgan fingerprint density at radius 2 is 1.45 bits per heavy atom. The monoisotopic (exact) mass is 570 g/mol. The van der Waals surface area contributed by atoms with Crippen molar-refractivity contribution in [3.05, 3.63) is 29.8 Å². The number of anilines is 3. The number of nitrogens with zero attached hydrogens (tertiary/aromatic N) is 3. The molecule has 2 aromatic rings. The number of unbranched alkanes of at least 4 members (excludes halogenated alkanes) is 5. The smallest absolute Gasteiger partial charge is 0.422 e. The molecule has 0 spiro atoms. The van der Waals surface area contributed by atoms with E-state index in [0.717, 1.165) is 38.5 Å². The number of alkyl carbamates (subject to hydrolysis) is 1. The average Bonchev–Trinajstić information content (AvgIpc) is 2.87. The average molecular weight is 571 g/mol. The molecular formula is C26H37F3N6O5. The fraction of sp³-hybridized carbons (Fsp3) is 0.577. The van der Waals surface area contributed by atoms with E-state index in [1.165, 1.54) is 19.2 Å². The lowest BCUT2D eigenvalue weighted by Crippen LogP contribution is -2.32. The zero-order chi connectivity index (χ0) is 29.6. The topological polar surface area (TPSA) is 137 Å². The minimum Gasteiger partial charge on any atom is -0.465 e. The number of rotatable bonds is 15. The van der Waals surface area contributed by atoms with E-state index >= 15 is 0 Å². The molecule has 1 aromatic heterocycles. The number of hydrogen-bond acceptors (Lipinski definition) is 10. The fourth-order valence-electron chi connectivity index (χ4n) is 3.30. The third kappa shape index (κ3) is 13.8. The van der Waals surface area contributed by atoms with Crippen molar-refractivity contribution in [2.24, 2.45) is 0 Å². The van der Waals surface area contributed by atoms with Crippen LogP contribution < -0.4 is 20.7 Å². The maximum absolute atomic E-state index is 12.6. The van der Waals surface area contributed by atoms with Gasteiger partial charge in [-0.25, -0.2) is 9.59 Å². The molecule has 0 atom stereocenters. The molecule has 1 amide bonds. The summed E-state index contributed by atoms with van der Waals surface area (Å²) in [7, 11) is 1.27. The summed E-state index contributed by atoms with van der Waals surface area (Å²) < 4.78 is 52.5. The van der Waals surface area contributed by atoms with Crippen molar-refractivity contribution in [1.29, 1.82) is 0 Å². The van der Waals surface area contributed by atoms with Crippen LogP contribution in [0.1, 0.15) is 69.7 Å². The molecule has 14 heteroatoms. The number of carbonyl (C=O) groups is 2. The van der Waals surface area contributed by atoms with E-state index in [-0.39, 0.29) is 11.9 Å². The summed E-state index contributed by atoms with van der Waals surface area (Å²) in [5, 5.41) is 8.60. The SMILES string of the molecule is COC(=O)c1ccc(Nc2nc(NCCCCCCCCNC(=O)OC(C)(C)C)nc(OCC(F)(F)F)n2)cc1. The van der Waals surface area contributed by atoms with Crippen molar-refractivity contribution < 1.29 is 37.0 Å². The summed E-state index contributed by atoms with van der Waals surface area (Å²) in [5.74, 6) is -0.467. The van der Waals surface area contributed by atoms with Gasteiger partial charge in [-0.1, -0.05) is 25.7 Å². The Balaban J connectivity index is 1.80. The van der Waals surface area contributed by atoms with Crippen LogP contribution in [0.15, 0.2) is 24.3 Å². The van der Waals surface area contributed by atoms with Gasteiger partial charge >= 0.3 is 24.2 Å². The first-order valence-corrected chi connectivity index (χ1v) is 13.0. The summed E-state index contributed by atoms with van der Waals surface area (Å²) in [4.78, 5) is 35.3. The number of nitrogens with one attached hydrogen (secondary N) is 3. The number of carbonyl (C=O) groups excluding carboxylic acids is 2. The molecule has 0 radical (unpaired) electrons. The van der Waals surface area contributed by atoms with Crippen molar-refractivity contribution >= 4 is 29.6 Å². The molecule has 0 aliphatic heterocycles. The zero-order valence-electron chi connectivity index (χ0n) is 23.2. The van der Waals surface area contributed by atoms with Gasteiger partial charge in [0.25, 0.3) is 0 Å². The van der Waals surface area contributed by atoms with Crippen LogP contribution in [-0.4, -0.2) is 65.6 Å².